The molecule has 0 saturated carbocycles. The number of benzene rings is 3. The maximum absolute atomic E-state index is 10.0. The molecule has 0 radical (unpaired) electrons. The van der Waals surface area contributed by atoms with Crippen LogP contribution in [0.5, 0.6) is 0 Å². The Balaban J connectivity index is 0.000000212. The first-order chi connectivity index (χ1) is 12.1. The van der Waals surface area contributed by atoms with Crippen LogP contribution in [-0.2, 0) is 0 Å². The van der Waals surface area contributed by atoms with Crippen LogP contribution >= 0.6 is 0 Å². The Morgan fingerprint density at radius 2 is 1.08 bits per heavy atom. The minimum absolute atomic E-state index is 0.137. The lowest BCUT2D eigenvalue weighted by atomic mass is 10.3. The predicted molar refractivity (Wildman–Crippen MR) is 101 cm³/mol. The van der Waals surface area contributed by atoms with Crippen molar-refractivity contribution in [2.75, 3.05) is 10.6 Å². The molecule has 0 heterocycles. The van der Waals surface area contributed by atoms with Gasteiger partial charge in [0.2, 0.25) is 0 Å². The Labute approximate surface area is 145 Å². The number of hydrogen-bond donors (Lipinski definition) is 3. The molecule has 0 aliphatic carbocycles. The van der Waals surface area contributed by atoms with Crippen LogP contribution in [0.4, 0.5) is 17.1 Å². The second-order valence-electron chi connectivity index (χ2n) is 4.95. The summed E-state index contributed by atoms with van der Waals surface area (Å²) in [6, 6.07) is 27.2. The molecular weight excluding hydrogens is 316 g/mol. The highest BCUT2D eigenvalue weighted by Crippen LogP contribution is 2.08. The van der Waals surface area contributed by atoms with E-state index in [4.69, 9.17) is 5.41 Å². The molecule has 3 aromatic rings. The zero-order valence-corrected chi connectivity index (χ0v) is 13.4. The van der Waals surface area contributed by atoms with Gasteiger partial charge in [0.1, 0.15) is 0 Å². The number of para-hydroxylation sites is 3. The molecule has 0 aliphatic rings. The van der Waals surface area contributed by atoms with Crippen LogP contribution in [0.2, 0.25) is 0 Å². The normalized spacial score (nSPS) is 9.28. The average Bonchev–Trinajstić information content (AvgIpc) is 2.64. The van der Waals surface area contributed by atoms with Crippen molar-refractivity contribution in [3.63, 3.8) is 0 Å². The number of guanidine groups is 1. The average molecular weight is 334 g/mol. The molecular formula is C19H18N4O2. The summed E-state index contributed by atoms with van der Waals surface area (Å²) in [4.78, 5) is 9.59. The molecule has 0 spiro atoms. The van der Waals surface area contributed by atoms with E-state index in [1.165, 1.54) is 12.1 Å². The van der Waals surface area contributed by atoms with Crippen LogP contribution in [0.3, 0.4) is 0 Å². The van der Waals surface area contributed by atoms with Gasteiger partial charge in [0.25, 0.3) is 5.69 Å². The molecule has 0 aromatic heterocycles. The number of nitrogens with zero attached hydrogens (tertiary/aromatic N) is 1. The van der Waals surface area contributed by atoms with E-state index in [9.17, 15) is 10.1 Å². The second-order valence-corrected chi connectivity index (χ2v) is 4.95. The zero-order valence-electron chi connectivity index (χ0n) is 13.4. The standard InChI is InChI=1S/C13H13N3.C6H5NO2/c14-13(15-11-7-3-1-4-8-11)16-12-9-5-2-6-10-12;8-7(9)6-4-2-1-3-5-6/h1-10H,(H3,14,15,16);1-5H. The van der Waals surface area contributed by atoms with Gasteiger partial charge < -0.3 is 10.6 Å². The number of hydrogen-bond acceptors (Lipinski definition) is 3. The molecule has 0 amide bonds. The van der Waals surface area contributed by atoms with E-state index in [0.29, 0.717) is 0 Å². The number of nitro groups is 1. The highest BCUT2D eigenvalue weighted by molar-refractivity contribution is 6.01. The Morgan fingerprint density at radius 3 is 1.40 bits per heavy atom. The molecule has 6 nitrogen and oxygen atoms in total. The van der Waals surface area contributed by atoms with Gasteiger partial charge in [0.15, 0.2) is 5.96 Å². The van der Waals surface area contributed by atoms with Crippen LogP contribution in [0.1, 0.15) is 0 Å². The van der Waals surface area contributed by atoms with Crippen molar-refractivity contribution < 1.29 is 4.92 Å². The monoisotopic (exact) mass is 334 g/mol. The van der Waals surface area contributed by atoms with E-state index in [2.05, 4.69) is 10.6 Å². The van der Waals surface area contributed by atoms with Crippen LogP contribution < -0.4 is 10.6 Å². The van der Waals surface area contributed by atoms with Gasteiger partial charge in [-0.1, -0.05) is 54.6 Å². The molecule has 3 rings (SSSR count). The molecule has 0 bridgehead atoms. The maximum Gasteiger partial charge on any atom is 0.269 e. The lowest BCUT2D eigenvalue weighted by molar-refractivity contribution is -0.384. The fourth-order valence-corrected chi connectivity index (χ4v) is 1.91. The van der Waals surface area contributed by atoms with Gasteiger partial charge in [-0.15, -0.1) is 0 Å². The van der Waals surface area contributed by atoms with Crippen molar-refractivity contribution in [3.8, 4) is 0 Å². The number of rotatable bonds is 3. The Kier molecular flexibility index (Phi) is 6.69. The van der Waals surface area contributed by atoms with E-state index in [1.807, 2.05) is 60.7 Å². The summed E-state index contributed by atoms with van der Waals surface area (Å²) in [5.74, 6) is 0.261. The highest BCUT2D eigenvalue weighted by atomic mass is 16.6. The molecule has 0 unspecified atom stereocenters. The van der Waals surface area contributed by atoms with Crippen molar-refractivity contribution in [1.82, 2.24) is 0 Å². The topological polar surface area (TPSA) is 91.1 Å². The Morgan fingerprint density at radius 1 is 0.720 bits per heavy atom. The van der Waals surface area contributed by atoms with Gasteiger partial charge in [0, 0.05) is 23.5 Å². The van der Waals surface area contributed by atoms with Gasteiger partial charge >= 0.3 is 0 Å². The number of anilines is 2. The molecule has 3 N–H and O–H groups in total. The van der Waals surface area contributed by atoms with Gasteiger partial charge in [0.05, 0.1) is 4.92 Å². The Bertz CT molecular complexity index is 750. The lowest BCUT2D eigenvalue weighted by Gasteiger charge is -2.09. The number of nitro benzene ring substituents is 1. The van der Waals surface area contributed by atoms with Crippen LogP contribution in [-0.4, -0.2) is 10.9 Å². The summed E-state index contributed by atoms with van der Waals surface area (Å²) < 4.78 is 0. The number of nitrogens with one attached hydrogen (secondary N) is 3. The molecule has 126 valence electrons. The third-order valence-electron chi connectivity index (χ3n) is 3.05. The fourth-order valence-electron chi connectivity index (χ4n) is 1.91. The smallest absolute Gasteiger partial charge is 0.269 e. The summed E-state index contributed by atoms with van der Waals surface area (Å²) in [6.45, 7) is 0. The largest absolute Gasteiger partial charge is 0.326 e. The lowest BCUT2D eigenvalue weighted by Crippen LogP contribution is -2.20. The highest BCUT2D eigenvalue weighted by Gasteiger charge is 1.98. The molecule has 25 heavy (non-hydrogen) atoms. The third kappa shape index (κ3) is 6.54. The molecule has 0 fully saturated rings. The Hall–Kier alpha value is -3.67. The zero-order chi connectivity index (χ0) is 17.9. The second kappa shape index (κ2) is 9.46. The summed E-state index contributed by atoms with van der Waals surface area (Å²) in [5, 5.41) is 23.7. The van der Waals surface area contributed by atoms with Crippen molar-refractivity contribution in [2.24, 2.45) is 0 Å². The summed E-state index contributed by atoms with van der Waals surface area (Å²) >= 11 is 0. The molecule has 0 atom stereocenters. The summed E-state index contributed by atoms with van der Waals surface area (Å²) in [5.41, 5.74) is 1.93. The first kappa shape index (κ1) is 17.7. The van der Waals surface area contributed by atoms with E-state index in [1.54, 1.807) is 18.2 Å². The van der Waals surface area contributed by atoms with E-state index in [-0.39, 0.29) is 11.6 Å². The van der Waals surface area contributed by atoms with Gasteiger partial charge in [-0.05, 0) is 24.3 Å². The van der Waals surface area contributed by atoms with Crippen LogP contribution in [0, 0.1) is 15.5 Å². The predicted octanol–water partition coefficient (Wildman–Crippen LogP) is 4.74. The fraction of sp³-hybridized carbons (Fsp3) is 0. The van der Waals surface area contributed by atoms with Crippen LogP contribution in [0.15, 0.2) is 91.0 Å². The van der Waals surface area contributed by atoms with Crippen molar-refractivity contribution in [3.05, 3.63) is 101 Å². The van der Waals surface area contributed by atoms with Crippen molar-refractivity contribution >= 4 is 23.0 Å². The minimum Gasteiger partial charge on any atom is -0.326 e. The quantitative estimate of drug-likeness (QED) is 0.279. The van der Waals surface area contributed by atoms with Crippen LogP contribution in [0.25, 0.3) is 0 Å². The molecule has 6 heteroatoms. The van der Waals surface area contributed by atoms with Crippen molar-refractivity contribution in [1.29, 1.82) is 5.41 Å². The molecule has 3 aromatic carbocycles. The van der Waals surface area contributed by atoms with E-state index < -0.39 is 4.92 Å². The minimum atomic E-state index is -0.417. The SMILES string of the molecule is N=C(Nc1ccccc1)Nc1ccccc1.O=[N+]([O-])c1ccccc1. The van der Waals surface area contributed by atoms with Gasteiger partial charge in [-0.3, -0.25) is 15.5 Å². The molecule has 0 saturated heterocycles. The van der Waals surface area contributed by atoms with E-state index in [0.717, 1.165) is 11.4 Å². The first-order valence-electron chi connectivity index (χ1n) is 7.57. The number of non-ortho nitro benzene ring substituents is 1. The maximum atomic E-state index is 10.0. The third-order valence-corrected chi connectivity index (χ3v) is 3.05. The first-order valence-corrected chi connectivity index (χ1v) is 7.57. The van der Waals surface area contributed by atoms with Gasteiger partial charge in [-0.2, -0.15) is 0 Å². The summed E-state index contributed by atoms with van der Waals surface area (Å²) in [7, 11) is 0. The van der Waals surface area contributed by atoms with Crippen molar-refractivity contribution in [2.45, 2.75) is 0 Å². The van der Waals surface area contributed by atoms with E-state index >= 15 is 0 Å². The summed E-state index contributed by atoms with van der Waals surface area (Å²) in [6.07, 6.45) is 0. The molecule has 0 aliphatic heterocycles. The van der Waals surface area contributed by atoms with Gasteiger partial charge in [-0.25, -0.2) is 0 Å².